The van der Waals surface area contributed by atoms with Crippen molar-refractivity contribution in [2.24, 2.45) is 0 Å². The van der Waals surface area contributed by atoms with Gasteiger partial charge < -0.3 is 5.32 Å². The summed E-state index contributed by atoms with van der Waals surface area (Å²) in [6.07, 6.45) is 0. The Kier molecular flexibility index (Phi) is 7.24. The Balaban J connectivity index is 1.22. The van der Waals surface area contributed by atoms with Gasteiger partial charge in [-0.1, -0.05) is 57.3 Å². The molecule has 3 amide bonds. The molecule has 0 unspecified atom stereocenters. The Labute approximate surface area is 237 Å². The fraction of sp³-hybridized carbons (Fsp3) is 0.0385. The van der Waals surface area contributed by atoms with Crippen LogP contribution in [0.2, 0.25) is 10.0 Å². The van der Waals surface area contributed by atoms with E-state index in [2.05, 4.69) is 32.1 Å². The van der Waals surface area contributed by atoms with Crippen molar-refractivity contribution >= 4 is 105 Å². The number of hydrogen-bond donors (Lipinski definition) is 3. The van der Waals surface area contributed by atoms with Gasteiger partial charge in [0, 0.05) is 35.9 Å². The molecule has 186 valence electrons. The van der Waals surface area contributed by atoms with Crippen LogP contribution >= 0.6 is 61.8 Å². The summed E-state index contributed by atoms with van der Waals surface area (Å²) < 4.78 is 2.69. The predicted octanol–water partition coefficient (Wildman–Crippen LogP) is 7.82. The van der Waals surface area contributed by atoms with Gasteiger partial charge in [0.05, 0.1) is 10.0 Å². The van der Waals surface area contributed by atoms with Gasteiger partial charge >= 0.3 is 0 Å². The van der Waals surface area contributed by atoms with E-state index >= 15 is 0 Å². The molecule has 0 spiro atoms. The highest BCUT2D eigenvalue weighted by molar-refractivity contribution is 9.10. The zero-order valence-electron chi connectivity index (χ0n) is 18.9. The standard InChI is InChI=1S/C26H16BrCl2N3O3S2/c1-12-2-8-16-18(10-12)36-23(21(16)29)26(35)32-31-24(33)13-3-6-15(7-4-13)30-25(34)22-20(28)17-9-5-14(27)11-19(17)37-22/h2-11H,1H3,(H,30,34)(H,31,33)(H,32,35). The van der Waals surface area contributed by atoms with Crippen molar-refractivity contribution < 1.29 is 14.4 Å². The Morgan fingerprint density at radius 1 is 0.730 bits per heavy atom. The highest BCUT2D eigenvalue weighted by atomic mass is 79.9. The number of aryl methyl sites for hydroxylation is 1. The van der Waals surface area contributed by atoms with Crippen molar-refractivity contribution in [2.75, 3.05) is 5.32 Å². The van der Waals surface area contributed by atoms with E-state index in [1.807, 2.05) is 43.3 Å². The molecule has 0 aliphatic heterocycles. The number of hydrazine groups is 1. The maximum atomic E-state index is 12.8. The summed E-state index contributed by atoms with van der Waals surface area (Å²) in [7, 11) is 0. The van der Waals surface area contributed by atoms with Gasteiger partial charge in [-0.05, 0) is 55.0 Å². The van der Waals surface area contributed by atoms with Gasteiger partial charge in [-0.15, -0.1) is 22.7 Å². The summed E-state index contributed by atoms with van der Waals surface area (Å²) in [4.78, 5) is 38.7. The second-order valence-electron chi connectivity index (χ2n) is 8.07. The monoisotopic (exact) mass is 631 g/mol. The molecule has 0 bridgehead atoms. The fourth-order valence-corrected chi connectivity index (χ4v) is 7.11. The number of rotatable bonds is 4. The van der Waals surface area contributed by atoms with Crippen molar-refractivity contribution in [1.82, 2.24) is 10.9 Å². The molecule has 0 atom stereocenters. The summed E-state index contributed by atoms with van der Waals surface area (Å²) >= 11 is 18.8. The minimum absolute atomic E-state index is 0.293. The summed E-state index contributed by atoms with van der Waals surface area (Å²) in [6.45, 7) is 1.96. The molecule has 0 fully saturated rings. The minimum atomic E-state index is -0.516. The molecule has 0 radical (unpaired) electrons. The van der Waals surface area contributed by atoms with Gasteiger partial charge in [0.1, 0.15) is 9.75 Å². The van der Waals surface area contributed by atoms with Gasteiger partial charge in [0.2, 0.25) is 0 Å². The number of halogens is 3. The molecule has 0 saturated heterocycles. The lowest BCUT2D eigenvalue weighted by Crippen LogP contribution is -2.41. The Morgan fingerprint density at radius 2 is 1.30 bits per heavy atom. The zero-order valence-corrected chi connectivity index (χ0v) is 23.7. The zero-order chi connectivity index (χ0) is 26.3. The van der Waals surface area contributed by atoms with Crippen LogP contribution in [0.3, 0.4) is 0 Å². The van der Waals surface area contributed by atoms with Gasteiger partial charge in [-0.25, -0.2) is 0 Å². The largest absolute Gasteiger partial charge is 0.321 e. The van der Waals surface area contributed by atoms with E-state index in [1.165, 1.54) is 34.8 Å². The van der Waals surface area contributed by atoms with Crippen molar-refractivity contribution in [3.8, 4) is 0 Å². The number of anilines is 1. The molecule has 0 aliphatic carbocycles. The van der Waals surface area contributed by atoms with E-state index in [9.17, 15) is 14.4 Å². The molecule has 3 N–H and O–H groups in total. The van der Waals surface area contributed by atoms with E-state index in [1.54, 1.807) is 12.1 Å². The van der Waals surface area contributed by atoms with Crippen molar-refractivity contribution in [3.05, 3.63) is 96.1 Å². The third kappa shape index (κ3) is 5.23. The number of carbonyl (C=O) groups excluding carboxylic acids is 3. The van der Waals surface area contributed by atoms with Crippen LogP contribution in [0, 0.1) is 6.92 Å². The summed E-state index contributed by atoms with van der Waals surface area (Å²) in [5.41, 5.74) is 6.65. The van der Waals surface area contributed by atoms with Gasteiger partial charge in [0.25, 0.3) is 17.7 Å². The number of hydrogen-bond acceptors (Lipinski definition) is 5. The molecule has 5 rings (SSSR count). The number of fused-ring (bicyclic) bond motifs is 2. The third-order valence-corrected chi connectivity index (χ3v) is 9.29. The first kappa shape index (κ1) is 25.7. The van der Waals surface area contributed by atoms with E-state index in [0.29, 0.717) is 31.1 Å². The van der Waals surface area contributed by atoms with E-state index in [4.69, 9.17) is 23.2 Å². The third-order valence-electron chi connectivity index (χ3n) is 5.48. The Hall–Kier alpha value is -2.95. The van der Waals surface area contributed by atoms with Crippen LogP contribution in [0.15, 0.2) is 65.1 Å². The van der Waals surface area contributed by atoms with Crippen LogP contribution in [0.1, 0.15) is 35.3 Å². The van der Waals surface area contributed by atoms with Gasteiger partial charge in [0.15, 0.2) is 0 Å². The number of benzene rings is 3. The summed E-state index contributed by atoms with van der Waals surface area (Å²) in [5.74, 6) is -1.37. The lowest BCUT2D eigenvalue weighted by molar-refractivity contribution is 0.0849. The number of nitrogens with one attached hydrogen (secondary N) is 3. The lowest BCUT2D eigenvalue weighted by atomic mass is 10.2. The van der Waals surface area contributed by atoms with E-state index < -0.39 is 11.8 Å². The van der Waals surface area contributed by atoms with Crippen LogP contribution in [0.25, 0.3) is 20.2 Å². The summed E-state index contributed by atoms with van der Waals surface area (Å²) in [5, 5.41) is 5.13. The smallest absolute Gasteiger partial charge is 0.281 e. The molecule has 0 aliphatic rings. The Morgan fingerprint density at radius 3 is 1.97 bits per heavy atom. The molecule has 2 aromatic heterocycles. The highest BCUT2D eigenvalue weighted by Gasteiger charge is 2.19. The minimum Gasteiger partial charge on any atom is -0.321 e. The van der Waals surface area contributed by atoms with Crippen LogP contribution in [-0.4, -0.2) is 17.7 Å². The molecule has 6 nitrogen and oxygen atoms in total. The second kappa shape index (κ2) is 10.4. The predicted molar refractivity (Wildman–Crippen MR) is 155 cm³/mol. The summed E-state index contributed by atoms with van der Waals surface area (Å²) in [6, 6.07) is 17.6. The fourth-order valence-electron chi connectivity index (χ4n) is 3.64. The average molecular weight is 633 g/mol. The molecule has 0 saturated carbocycles. The van der Waals surface area contributed by atoms with E-state index in [-0.39, 0.29) is 5.91 Å². The normalized spacial score (nSPS) is 11.0. The van der Waals surface area contributed by atoms with Gasteiger partial charge in [-0.2, -0.15) is 0 Å². The topological polar surface area (TPSA) is 87.3 Å². The first-order valence-electron chi connectivity index (χ1n) is 10.8. The number of thiophene rings is 2. The quantitative estimate of drug-likeness (QED) is 0.177. The maximum absolute atomic E-state index is 12.8. The lowest BCUT2D eigenvalue weighted by Gasteiger charge is -2.08. The number of amides is 3. The molecule has 37 heavy (non-hydrogen) atoms. The molecule has 5 aromatic rings. The van der Waals surface area contributed by atoms with Crippen molar-refractivity contribution in [2.45, 2.75) is 6.92 Å². The highest BCUT2D eigenvalue weighted by Crippen LogP contribution is 2.37. The van der Waals surface area contributed by atoms with Crippen molar-refractivity contribution in [1.29, 1.82) is 0 Å². The number of carbonyl (C=O) groups is 3. The first-order valence-corrected chi connectivity index (χ1v) is 14.0. The average Bonchev–Trinajstić information content (AvgIpc) is 3.38. The Bertz CT molecular complexity index is 1710. The molecule has 2 heterocycles. The molecular formula is C26H16BrCl2N3O3S2. The molecular weight excluding hydrogens is 617 g/mol. The van der Waals surface area contributed by atoms with Crippen LogP contribution < -0.4 is 16.2 Å². The van der Waals surface area contributed by atoms with Gasteiger partial charge in [-0.3, -0.25) is 25.2 Å². The van der Waals surface area contributed by atoms with E-state index in [0.717, 1.165) is 30.2 Å². The second-order valence-corrected chi connectivity index (χ2v) is 11.8. The van der Waals surface area contributed by atoms with Crippen molar-refractivity contribution in [3.63, 3.8) is 0 Å². The maximum Gasteiger partial charge on any atom is 0.281 e. The van der Waals surface area contributed by atoms with Crippen LogP contribution in [0.5, 0.6) is 0 Å². The molecule has 11 heteroatoms. The first-order chi connectivity index (χ1) is 17.7. The SMILES string of the molecule is Cc1ccc2c(Cl)c(C(=O)NNC(=O)c3ccc(NC(=O)c4sc5cc(Br)ccc5c4Cl)cc3)sc2c1. The molecule has 3 aromatic carbocycles. The van der Waals surface area contributed by atoms with Crippen LogP contribution in [-0.2, 0) is 0 Å². The van der Waals surface area contributed by atoms with Crippen LogP contribution in [0.4, 0.5) is 5.69 Å².